The van der Waals surface area contributed by atoms with Crippen molar-refractivity contribution in [3.8, 4) is 0 Å². The summed E-state index contributed by atoms with van der Waals surface area (Å²) in [5.74, 6) is -0.380. The molecule has 0 bridgehead atoms. The van der Waals surface area contributed by atoms with Gasteiger partial charge >= 0.3 is 12.1 Å². The number of likely N-dealkylation sites (tertiary alicyclic amines) is 1. The number of piperidine rings is 1. The molecule has 1 aliphatic rings. The van der Waals surface area contributed by atoms with Crippen molar-refractivity contribution in [1.29, 1.82) is 0 Å². The van der Waals surface area contributed by atoms with Gasteiger partial charge in [0.05, 0.1) is 0 Å². The number of hydrogen-bond acceptors (Lipinski definition) is 4. The number of ether oxygens (including phenoxy) is 2. The summed E-state index contributed by atoms with van der Waals surface area (Å²) < 4.78 is 11.3. The molecule has 5 heteroatoms. The molecular formula is C19H33NO4. The first-order valence-corrected chi connectivity index (χ1v) is 8.61. The average molecular weight is 339 g/mol. The molecule has 24 heavy (non-hydrogen) atoms. The van der Waals surface area contributed by atoms with E-state index in [4.69, 9.17) is 9.47 Å². The van der Waals surface area contributed by atoms with Gasteiger partial charge in [-0.1, -0.05) is 13.5 Å². The Morgan fingerprint density at radius 2 is 1.62 bits per heavy atom. The second kappa shape index (κ2) is 6.77. The maximum Gasteiger partial charge on any atom is 0.411 e. The minimum atomic E-state index is -0.507. The van der Waals surface area contributed by atoms with Gasteiger partial charge in [0.2, 0.25) is 0 Å². The number of rotatable bonds is 4. The molecule has 0 aromatic rings. The zero-order chi connectivity index (χ0) is 18.9. The van der Waals surface area contributed by atoms with Crippen LogP contribution in [0.5, 0.6) is 0 Å². The fourth-order valence-corrected chi connectivity index (χ4v) is 3.37. The summed E-state index contributed by atoms with van der Waals surface area (Å²) in [5.41, 5.74) is -1.09. The molecule has 1 rings (SSSR count). The summed E-state index contributed by atoms with van der Waals surface area (Å²) in [4.78, 5) is 26.5. The average Bonchev–Trinajstić information content (AvgIpc) is 2.34. The summed E-state index contributed by atoms with van der Waals surface area (Å²) >= 11 is 0. The van der Waals surface area contributed by atoms with Crippen LogP contribution in [0.2, 0.25) is 0 Å². The lowest BCUT2D eigenvalue weighted by atomic mass is 9.78. The van der Waals surface area contributed by atoms with Gasteiger partial charge in [-0.25, -0.2) is 9.59 Å². The molecule has 0 atom stereocenters. The number of nitrogens with zero attached hydrogens (tertiary/aromatic N) is 1. The molecule has 0 N–H and O–H groups in total. The van der Waals surface area contributed by atoms with E-state index in [9.17, 15) is 9.59 Å². The predicted molar refractivity (Wildman–Crippen MR) is 94.8 cm³/mol. The van der Waals surface area contributed by atoms with Crippen molar-refractivity contribution in [2.45, 2.75) is 97.4 Å². The van der Waals surface area contributed by atoms with Gasteiger partial charge in [0.25, 0.3) is 0 Å². The van der Waals surface area contributed by atoms with Crippen molar-refractivity contribution in [2.75, 3.05) is 0 Å². The van der Waals surface area contributed by atoms with Crippen molar-refractivity contribution < 1.29 is 19.1 Å². The van der Waals surface area contributed by atoms with Crippen LogP contribution in [0.4, 0.5) is 4.79 Å². The molecule has 5 nitrogen and oxygen atoms in total. The maximum absolute atomic E-state index is 12.8. The number of amides is 1. The van der Waals surface area contributed by atoms with E-state index in [0.717, 1.165) is 6.42 Å². The van der Waals surface area contributed by atoms with Gasteiger partial charge in [0, 0.05) is 29.5 Å². The van der Waals surface area contributed by atoms with Gasteiger partial charge in [-0.2, -0.15) is 0 Å². The third-order valence-corrected chi connectivity index (χ3v) is 4.68. The Morgan fingerprint density at radius 1 is 1.17 bits per heavy atom. The Hall–Kier alpha value is -1.52. The molecule has 0 spiro atoms. The maximum atomic E-state index is 12.8. The molecule has 0 aromatic heterocycles. The van der Waals surface area contributed by atoms with Crippen LogP contribution < -0.4 is 0 Å². The van der Waals surface area contributed by atoms with Crippen molar-refractivity contribution in [3.63, 3.8) is 0 Å². The van der Waals surface area contributed by atoms with Gasteiger partial charge in [0.1, 0.15) is 11.7 Å². The number of esters is 1. The summed E-state index contributed by atoms with van der Waals surface area (Å²) in [6.45, 7) is 19.0. The standard InChI is InChI=1S/C19H33NO4/c1-10-19(8,9)24-16(22)20-17(4,5)11-14(12-18(20,6)7)23-15(21)13(2)3/h14H,2,10-12H2,1,3-9H3. The molecule has 0 aliphatic carbocycles. The molecule has 0 aromatic carbocycles. The predicted octanol–water partition coefficient (Wildman–Crippen LogP) is 4.45. The minimum absolute atomic E-state index is 0.248. The van der Waals surface area contributed by atoms with Crippen LogP contribution in [0, 0.1) is 0 Å². The highest BCUT2D eigenvalue weighted by Gasteiger charge is 2.50. The number of carbonyl (C=O) groups excluding carboxylic acids is 2. The number of hydrogen-bond donors (Lipinski definition) is 0. The summed E-state index contributed by atoms with van der Waals surface area (Å²) in [6.07, 6.45) is 1.31. The van der Waals surface area contributed by atoms with E-state index in [1.807, 2.05) is 48.5 Å². The third kappa shape index (κ3) is 4.74. The van der Waals surface area contributed by atoms with E-state index in [1.165, 1.54) is 0 Å². The summed E-state index contributed by atoms with van der Waals surface area (Å²) in [6, 6.07) is 0. The molecule has 0 radical (unpaired) electrons. The topological polar surface area (TPSA) is 55.8 Å². The van der Waals surface area contributed by atoms with Crippen LogP contribution in [0.3, 0.4) is 0 Å². The molecule has 1 heterocycles. The molecule has 0 saturated carbocycles. The van der Waals surface area contributed by atoms with Gasteiger partial charge < -0.3 is 9.47 Å². The van der Waals surface area contributed by atoms with Gasteiger partial charge in [0.15, 0.2) is 0 Å². The minimum Gasteiger partial charge on any atom is -0.459 e. The van der Waals surface area contributed by atoms with Gasteiger partial charge in [-0.3, -0.25) is 4.90 Å². The SMILES string of the molecule is C=C(C)C(=O)OC1CC(C)(C)N(C(=O)OC(C)(C)CC)C(C)(C)C1. The fraction of sp³-hybridized carbons (Fsp3) is 0.789. The van der Waals surface area contributed by atoms with Gasteiger partial charge in [-0.05, 0) is 54.9 Å². The lowest BCUT2D eigenvalue weighted by Gasteiger charge is -2.54. The monoisotopic (exact) mass is 339 g/mol. The summed E-state index contributed by atoms with van der Waals surface area (Å²) in [5, 5.41) is 0. The van der Waals surface area contributed by atoms with Crippen molar-refractivity contribution in [2.24, 2.45) is 0 Å². The normalized spacial score (nSPS) is 20.4. The first kappa shape index (κ1) is 20.5. The Balaban J connectivity index is 2.99. The van der Waals surface area contributed by atoms with Gasteiger partial charge in [-0.15, -0.1) is 0 Å². The second-order valence-corrected chi connectivity index (χ2v) is 8.66. The fourth-order valence-electron chi connectivity index (χ4n) is 3.37. The zero-order valence-corrected chi connectivity index (χ0v) is 16.5. The lowest BCUT2D eigenvalue weighted by Crippen LogP contribution is -2.65. The highest BCUT2D eigenvalue weighted by Crippen LogP contribution is 2.40. The van der Waals surface area contributed by atoms with Crippen molar-refractivity contribution in [3.05, 3.63) is 12.2 Å². The largest absolute Gasteiger partial charge is 0.459 e. The highest BCUT2D eigenvalue weighted by molar-refractivity contribution is 5.87. The van der Waals surface area contributed by atoms with Crippen LogP contribution >= 0.6 is 0 Å². The molecule has 1 fully saturated rings. The van der Waals surface area contributed by atoms with E-state index >= 15 is 0 Å². The first-order chi connectivity index (χ1) is 10.7. The highest BCUT2D eigenvalue weighted by atomic mass is 16.6. The first-order valence-electron chi connectivity index (χ1n) is 8.61. The molecule has 1 saturated heterocycles. The zero-order valence-electron chi connectivity index (χ0n) is 16.5. The number of carbonyl (C=O) groups is 2. The Morgan fingerprint density at radius 3 is 2.00 bits per heavy atom. The quantitative estimate of drug-likeness (QED) is 0.561. The van der Waals surface area contributed by atoms with E-state index in [1.54, 1.807) is 11.8 Å². The van der Waals surface area contributed by atoms with Crippen LogP contribution in [-0.2, 0) is 14.3 Å². The third-order valence-electron chi connectivity index (χ3n) is 4.68. The molecule has 138 valence electrons. The second-order valence-electron chi connectivity index (χ2n) is 8.66. The molecule has 1 amide bonds. The van der Waals surface area contributed by atoms with Crippen LogP contribution in [0.1, 0.15) is 74.7 Å². The van der Waals surface area contributed by atoms with E-state index in [0.29, 0.717) is 18.4 Å². The van der Waals surface area contributed by atoms with Crippen LogP contribution in [0.25, 0.3) is 0 Å². The Kier molecular flexibility index (Phi) is 5.79. The Labute approximate surface area is 146 Å². The van der Waals surface area contributed by atoms with E-state index in [-0.39, 0.29) is 18.2 Å². The van der Waals surface area contributed by atoms with Crippen molar-refractivity contribution >= 4 is 12.1 Å². The Bertz CT molecular complexity index is 501. The smallest absolute Gasteiger partial charge is 0.411 e. The van der Waals surface area contributed by atoms with E-state index in [2.05, 4.69) is 6.58 Å². The van der Waals surface area contributed by atoms with Crippen LogP contribution in [-0.4, -0.2) is 39.7 Å². The molecule has 1 aliphatic heterocycles. The van der Waals surface area contributed by atoms with Crippen LogP contribution in [0.15, 0.2) is 12.2 Å². The van der Waals surface area contributed by atoms with E-state index < -0.39 is 16.7 Å². The lowest BCUT2D eigenvalue weighted by molar-refractivity contribution is -0.154. The summed E-state index contributed by atoms with van der Waals surface area (Å²) in [7, 11) is 0. The molecule has 0 unspecified atom stereocenters. The van der Waals surface area contributed by atoms with Crippen molar-refractivity contribution in [1.82, 2.24) is 4.90 Å². The molecular weight excluding hydrogens is 306 g/mol.